The quantitative estimate of drug-likeness (QED) is 0.901. The lowest BCUT2D eigenvalue weighted by Gasteiger charge is -2.24. The number of rotatable bonds is 5. The highest BCUT2D eigenvalue weighted by Crippen LogP contribution is 2.22. The van der Waals surface area contributed by atoms with Crippen LogP contribution in [0.5, 0.6) is 5.88 Å². The lowest BCUT2D eigenvalue weighted by atomic mass is 10.1. The minimum atomic E-state index is -1.44. The van der Waals surface area contributed by atoms with Gasteiger partial charge in [-0.3, -0.25) is 0 Å². The highest BCUT2D eigenvalue weighted by molar-refractivity contribution is 9.10. The molecule has 0 aliphatic heterocycles. The first-order valence-corrected chi connectivity index (χ1v) is 5.72. The van der Waals surface area contributed by atoms with E-state index in [1.165, 1.54) is 14.0 Å². The van der Waals surface area contributed by atoms with Gasteiger partial charge in [0.1, 0.15) is 0 Å². The number of hydrogen-bond donors (Lipinski definition) is 1. The Bertz CT molecular complexity index is 424. The Labute approximate surface area is 108 Å². The predicted octanol–water partition coefficient (Wildman–Crippen LogP) is 2.02. The minimum Gasteiger partial charge on any atom is -0.478 e. The summed E-state index contributed by atoms with van der Waals surface area (Å²) in [6.07, 6.45) is 1.57. The Morgan fingerprint density at radius 2 is 2.29 bits per heavy atom. The van der Waals surface area contributed by atoms with Crippen molar-refractivity contribution in [2.45, 2.75) is 19.4 Å². The SMILES string of the molecule is COCC(C)(Oc1cc(C)c(Br)cn1)C(=O)O. The average molecular weight is 304 g/mol. The van der Waals surface area contributed by atoms with Crippen LogP contribution in [0, 0.1) is 6.92 Å². The molecule has 1 atom stereocenters. The van der Waals surface area contributed by atoms with Crippen LogP contribution in [0.25, 0.3) is 0 Å². The first-order chi connectivity index (χ1) is 7.89. The first-order valence-electron chi connectivity index (χ1n) is 4.92. The van der Waals surface area contributed by atoms with E-state index in [1.54, 1.807) is 12.3 Å². The number of aliphatic carboxylic acids is 1. The second-order valence-corrected chi connectivity index (χ2v) is 4.70. The molecule has 0 fully saturated rings. The van der Waals surface area contributed by atoms with E-state index in [0.29, 0.717) is 0 Å². The fourth-order valence-corrected chi connectivity index (χ4v) is 1.43. The van der Waals surface area contributed by atoms with E-state index in [-0.39, 0.29) is 12.5 Å². The van der Waals surface area contributed by atoms with E-state index in [1.807, 2.05) is 6.92 Å². The molecule has 0 radical (unpaired) electrons. The molecular formula is C11H14BrNO4. The molecule has 1 heterocycles. The molecule has 1 aromatic rings. The molecule has 0 spiro atoms. The fraction of sp³-hybridized carbons (Fsp3) is 0.455. The van der Waals surface area contributed by atoms with Gasteiger partial charge >= 0.3 is 5.97 Å². The summed E-state index contributed by atoms with van der Waals surface area (Å²) in [6.45, 7) is 3.25. The number of halogens is 1. The van der Waals surface area contributed by atoms with Crippen molar-refractivity contribution in [3.8, 4) is 5.88 Å². The van der Waals surface area contributed by atoms with Crippen molar-refractivity contribution >= 4 is 21.9 Å². The third kappa shape index (κ3) is 3.41. The van der Waals surface area contributed by atoms with E-state index in [4.69, 9.17) is 14.6 Å². The van der Waals surface area contributed by atoms with E-state index >= 15 is 0 Å². The molecular weight excluding hydrogens is 290 g/mol. The van der Waals surface area contributed by atoms with Crippen molar-refractivity contribution in [3.63, 3.8) is 0 Å². The summed E-state index contributed by atoms with van der Waals surface area (Å²) >= 11 is 3.31. The van der Waals surface area contributed by atoms with Gasteiger partial charge in [-0.05, 0) is 35.3 Å². The van der Waals surface area contributed by atoms with Crippen LogP contribution < -0.4 is 4.74 Å². The molecule has 1 N–H and O–H groups in total. The molecule has 0 bridgehead atoms. The van der Waals surface area contributed by atoms with Gasteiger partial charge in [0.15, 0.2) is 0 Å². The van der Waals surface area contributed by atoms with Crippen molar-refractivity contribution in [2.24, 2.45) is 0 Å². The van der Waals surface area contributed by atoms with Gasteiger partial charge in [-0.1, -0.05) is 0 Å². The summed E-state index contributed by atoms with van der Waals surface area (Å²) in [5.74, 6) is -0.839. The molecule has 1 unspecified atom stereocenters. The van der Waals surface area contributed by atoms with Crippen molar-refractivity contribution in [2.75, 3.05) is 13.7 Å². The topological polar surface area (TPSA) is 68.7 Å². The van der Waals surface area contributed by atoms with Crippen LogP contribution in [0.3, 0.4) is 0 Å². The molecule has 5 nitrogen and oxygen atoms in total. The van der Waals surface area contributed by atoms with E-state index in [2.05, 4.69) is 20.9 Å². The molecule has 94 valence electrons. The fourth-order valence-electron chi connectivity index (χ4n) is 1.21. The van der Waals surface area contributed by atoms with Crippen LogP contribution in [0.4, 0.5) is 0 Å². The maximum Gasteiger partial charge on any atom is 0.350 e. The number of methoxy groups -OCH3 is 1. The number of aromatic nitrogens is 1. The lowest BCUT2D eigenvalue weighted by molar-refractivity contribution is -0.158. The highest BCUT2D eigenvalue weighted by atomic mass is 79.9. The molecule has 0 aliphatic rings. The molecule has 6 heteroatoms. The molecule has 0 aliphatic carbocycles. The summed E-state index contributed by atoms with van der Waals surface area (Å²) in [4.78, 5) is 15.1. The van der Waals surface area contributed by atoms with Gasteiger partial charge in [0, 0.05) is 23.8 Å². The molecule has 17 heavy (non-hydrogen) atoms. The number of nitrogens with zero attached hydrogens (tertiary/aromatic N) is 1. The zero-order valence-corrected chi connectivity index (χ0v) is 11.4. The maximum atomic E-state index is 11.1. The van der Waals surface area contributed by atoms with E-state index in [0.717, 1.165) is 10.0 Å². The van der Waals surface area contributed by atoms with Gasteiger partial charge in [0.05, 0.1) is 6.61 Å². The average Bonchev–Trinajstić information content (AvgIpc) is 2.23. The highest BCUT2D eigenvalue weighted by Gasteiger charge is 2.36. The third-order valence-corrected chi connectivity index (χ3v) is 3.05. The number of ether oxygens (including phenoxy) is 2. The third-order valence-electron chi connectivity index (χ3n) is 2.22. The smallest absolute Gasteiger partial charge is 0.350 e. The normalized spacial score (nSPS) is 14.1. The number of hydrogen-bond acceptors (Lipinski definition) is 4. The van der Waals surface area contributed by atoms with Gasteiger partial charge < -0.3 is 14.6 Å². The van der Waals surface area contributed by atoms with Crippen LogP contribution in [-0.4, -0.2) is 35.4 Å². The van der Waals surface area contributed by atoms with E-state index in [9.17, 15) is 4.79 Å². The Hall–Kier alpha value is -1.14. The number of aryl methyl sites for hydroxylation is 1. The molecule has 0 aromatic carbocycles. The Morgan fingerprint density at radius 3 is 2.76 bits per heavy atom. The summed E-state index contributed by atoms with van der Waals surface area (Å²) in [5.41, 5.74) is -0.526. The minimum absolute atomic E-state index is 0.0564. The Kier molecular flexibility index (Phi) is 4.47. The second kappa shape index (κ2) is 5.46. The zero-order chi connectivity index (χ0) is 13.1. The number of carbonyl (C=O) groups is 1. The van der Waals surface area contributed by atoms with Gasteiger partial charge in [-0.25, -0.2) is 9.78 Å². The number of carboxylic acids is 1. The van der Waals surface area contributed by atoms with Gasteiger partial charge in [0.25, 0.3) is 0 Å². The summed E-state index contributed by atoms with van der Waals surface area (Å²) < 4.78 is 11.1. The summed E-state index contributed by atoms with van der Waals surface area (Å²) in [6, 6.07) is 1.67. The van der Waals surface area contributed by atoms with E-state index < -0.39 is 11.6 Å². The maximum absolute atomic E-state index is 11.1. The van der Waals surface area contributed by atoms with Crippen LogP contribution in [0.1, 0.15) is 12.5 Å². The standard InChI is InChI=1S/C11H14BrNO4/c1-7-4-9(13-5-8(7)12)17-11(2,6-16-3)10(14)15/h4-5H,6H2,1-3H3,(H,14,15). The van der Waals surface area contributed by atoms with Gasteiger partial charge in [-0.15, -0.1) is 0 Å². The first kappa shape index (κ1) is 13.9. The van der Waals surface area contributed by atoms with Gasteiger partial charge in [0.2, 0.25) is 11.5 Å². The molecule has 0 saturated carbocycles. The largest absolute Gasteiger partial charge is 0.478 e. The van der Waals surface area contributed by atoms with Gasteiger partial charge in [-0.2, -0.15) is 0 Å². The van der Waals surface area contributed by atoms with Crippen molar-refractivity contribution < 1.29 is 19.4 Å². The van der Waals surface area contributed by atoms with Crippen molar-refractivity contribution in [3.05, 3.63) is 22.3 Å². The van der Waals surface area contributed by atoms with Crippen LogP contribution in [0.2, 0.25) is 0 Å². The van der Waals surface area contributed by atoms with Crippen LogP contribution in [-0.2, 0) is 9.53 Å². The molecule has 1 aromatic heterocycles. The molecule has 0 saturated heterocycles. The van der Waals surface area contributed by atoms with Crippen LogP contribution >= 0.6 is 15.9 Å². The Morgan fingerprint density at radius 1 is 1.65 bits per heavy atom. The number of carboxylic acid groups (broad SMARTS) is 1. The predicted molar refractivity (Wildman–Crippen MR) is 65.2 cm³/mol. The molecule has 0 amide bonds. The Balaban J connectivity index is 2.94. The summed E-state index contributed by atoms with van der Waals surface area (Å²) in [5, 5.41) is 9.11. The van der Waals surface area contributed by atoms with Crippen LogP contribution in [0.15, 0.2) is 16.7 Å². The van der Waals surface area contributed by atoms with Crippen molar-refractivity contribution in [1.29, 1.82) is 0 Å². The monoisotopic (exact) mass is 303 g/mol. The summed E-state index contributed by atoms with van der Waals surface area (Å²) in [7, 11) is 1.42. The second-order valence-electron chi connectivity index (χ2n) is 3.84. The molecule has 1 rings (SSSR count). The van der Waals surface area contributed by atoms with Crippen molar-refractivity contribution in [1.82, 2.24) is 4.98 Å². The zero-order valence-electron chi connectivity index (χ0n) is 9.86. The number of pyridine rings is 1. The lowest BCUT2D eigenvalue weighted by Crippen LogP contribution is -2.45.